The summed E-state index contributed by atoms with van der Waals surface area (Å²) in [5.74, 6) is 1.55. The van der Waals surface area contributed by atoms with Crippen molar-refractivity contribution in [3.63, 3.8) is 0 Å². The molecule has 0 spiro atoms. The standard InChI is InChI=1S/C12H15BrO/c1-8(2)9-3-6-12(11(13)7-9)14-10-4-5-10/h3,6-8,10H,4-5H2,1-2H3. The molecule has 0 aromatic heterocycles. The lowest BCUT2D eigenvalue weighted by molar-refractivity contribution is 0.301. The van der Waals surface area contributed by atoms with Crippen LogP contribution < -0.4 is 4.74 Å². The lowest BCUT2D eigenvalue weighted by Crippen LogP contribution is -1.97. The fraction of sp³-hybridized carbons (Fsp3) is 0.500. The minimum atomic E-state index is 0.469. The van der Waals surface area contributed by atoms with E-state index in [0.29, 0.717) is 12.0 Å². The van der Waals surface area contributed by atoms with E-state index >= 15 is 0 Å². The van der Waals surface area contributed by atoms with Crippen molar-refractivity contribution in [3.05, 3.63) is 28.2 Å². The first kappa shape index (κ1) is 10.0. The average Bonchev–Trinajstić information content (AvgIpc) is 2.92. The lowest BCUT2D eigenvalue weighted by Gasteiger charge is -2.10. The second-order valence-corrected chi connectivity index (χ2v) is 5.02. The summed E-state index contributed by atoms with van der Waals surface area (Å²) in [7, 11) is 0. The van der Waals surface area contributed by atoms with Crippen LogP contribution in [0.5, 0.6) is 5.75 Å². The molecule has 1 aliphatic carbocycles. The topological polar surface area (TPSA) is 9.23 Å². The Labute approximate surface area is 93.6 Å². The zero-order valence-electron chi connectivity index (χ0n) is 8.59. The van der Waals surface area contributed by atoms with Crippen LogP contribution in [0.2, 0.25) is 0 Å². The molecule has 0 aliphatic heterocycles. The third-order valence-electron chi connectivity index (χ3n) is 2.44. The number of ether oxygens (including phenoxy) is 1. The molecule has 76 valence electrons. The van der Waals surface area contributed by atoms with Crippen LogP contribution in [0.25, 0.3) is 0 Å². The van der Waals surface area contributed by atoms with Crippen molar-refractivity contribution in [2.45, 2.75) is 38.7 Å². The first-order chi connectivity index (χ1) is 6.66. The van der Waals surface area contributed by atoms with Crippen molar-refractivity contribution in [2.75, 3.05) is 0 Å². The molecule has 1 aromatic carbocycles. The van der Waals surface area contributed by atoms with Gasteiger partial charge < -0.3 is 4.74 Å². The Kier molecular flexibility index (Phi) is 2.82. The quantitative estimate of drug-likeness (QED) is 0.789. The highest BCUT2D eigenvalue weighted by Gasteiger charge is 2.24. The maximum atomic E-state index is 5.74. The van der Waals surface area contributed by atoms with E-state index in [1.54, 1.807) is 0 Å². The summed E-state index contributed by atoms with van der Waals surface area (Å²) < 4.78 is 6.82. The predicted octanol–water partition coefficient (Wildman–Crippen LogP) is 4.11. The third-order valence-corrected chi connectivity index (χ3v) is 3.06. The summed E-state index contributed by atoms with van der Waals surface area (Å²) in [6, 6.07) is 6.37. The van der Waals surface area contributed by atoms with Gasteiger partial charge in [0.2, 0.25) is 0 Å². The van der Waals surface area contributed by atoms with E-state index in [0.717, 1.165) is 10.2 Å². The molecule has 0 amide bonds. The molecule has 0 bridgehead atoms. The fourth-order valence-corrected chi connectivity index (χ4v) is 1.83. The second kappa shape index (κ2) is 3.93. The highest BCUT2D eigenvalue weighted by atomic mass is 79.9. The first-order valence-electron chi connectivity index (χ1n) is 5.13. The van der Waals surface area contributed by atoms with E-state index in [2.05, 4.69) is 48.0 Å². The highest BCUT2D eigenvalue weighted by Crippen LogP contribution is 2.33. The number of hydrogen-bond donors (Lipinski definition) is 0. The summed E-state index contributed by atoms with van der Waals surface area (Å²) in [5, 5.41) is 0. The molecular formula is C12H15BrO. The van der Waals surface area contributed by atoms with Gasteiger partial charge in [0.25, 0.3) is 0 Å². The smallest absolute Gasteiger partial charge is 0.133 e. The Morgan fingerprint density at radius 3 is 2.57 bits per heavy atom. The molecule has 1 nitrogen and oxygen atoms in total. The Morgan fingerprint density at radius 1 is 1.36 bits per heavy atom. The maximum Gasteiger partial charge on any atom is 0.133 e. The van der Waals surface area contributed by atoms with Crippen molar-refractivity contribution < 1.29 is 4.74 Å². The van der Waals surface area contributed by atoms with Gasteiger partial charge in [-0.3, -0.25) is 0 Å². The molecule has 0 atom stereocenters. The first-order valence-corrected chi connectivity index (χ1v) is 5.92. The van der Waals surface area contributed by atoms with E-state index in [4.69, 9.17) is 4.74 Å². The monoisotopic (exact) mass is 254 g/mol. The molecule has 2 heteroatoms. The van der Waals surface area contributed by atoms with Gasteiger partial charge in [0.15, 0.2) is 0 Å². The van der Waals surface area contributed by atoms with Crippen molar-refractivity contribution in [1.82, 2.24) is 0 Å². The number of rotatable bonds is 3. The highest BCUT2D eigenvalue weighted by molar-refractivity contribution is 9.10. The van der Waals surface area contributed by atoms with Crippen molar-refractivity contribution >= 4 is 15.9 Å². The second-order valence-electron chi connectivity index (χ2n) is 4.16. The zero-order chi connectivity index (χ0) is 10.1. The van der Waals surface area contributed by atoms with Crippen LogP contribution in [-0.2, 0) is 0 Å². The van der Waals surface area contributed by atoms with Gasteiger partial charge in [-0.05, 0) is 52.4 Å². The minimum absolute atomic E-state index is 0.469. The SMILES string of the molecule is CC(C)c1ccc(OC2CC2)c(Br)c1. The van der Waals surface area contributed by atoms with Gasteiger partial charge in [0.1, 0.15) is 5.75 Å². The van der Waals surface area contributed by atoms with Crippen molar-refractivity contribution in [3.8, 4) is 5.75 Å². The Balaban J connectivity index is 2.17. The van der Waals surface area contributed by atoms with Crippen LogP contribution in [0.1, 0.15) is 38.2 Å². The Morgan fingerprint density at radius 2 is 2.07 bits per heavy atom. The maximum absolute atomic E-state index is 5.74. The van der Waals surface area contributed by atoms with E-state index in [1.165, 1.54) is 18.4 Å². The van der Waals surface area contributed by atoms with Crippen LogP contribution in [0.4, 0.5) is 0 Å². The van der Waals surface area contributed by atoms with Gasteiger partial charge >= 0.3 is 0 Å². The van der Waals surface area contributed by atoms with Crippen LogP contribution in [0, 0.1) is 0 Å². The van der Waals surface area contributed by atoms with Crippen LogP contribution >= 0.6 is 15.9 Å². The van der Waals surface area contributed by atoms with E-state index in [1.807, 2.05) is 0 Å². The molecule has 0 N–H and O–H groups in total. The summed E-state index contributed by atoms with van der Waals surface area (Å²) in [4.78, 5) is 0. The third kappa shape index (κ3) is 2.30. The zero-order valence-corrected chi connectivity index (χ0v) is 10.2. The van der Waals surface area contributed by atoms with Crippen LogP contribution in [0.15, 0.2) is 22.7 Å². The number of benzene rings is 1. The molecule has 14 heavy (non-hydrogen) atoms. The number of hydrogen-bond acceptors (Lipinski definition) is 1. The fourth-order valence-electron chi connectivity index (χ4n) is 1.34. The molecule has 0 radical (unpaired) electrons. The van der Waals surface area contributed by atoms with E-state index < -0.39 is 0 Å². The van der Waals surface area contributed by atoms with Gasteiger partial charge in [-0.2, -0.15) is 0 Å². The molecule has 0 unspecified atom stereocenters. The predicted molar refractivity (Wildman–Crippen MR) is 61.9 cm³/mol. The van der Waals surface area contributed by atoms with Crippen LogP contribution in [-0.4, -0.2) is 6.10 Å². The van der Waals surface area contributed by atoms with Crippen molar-refractivity contribution in [2.24, 2.45) is 0 Å². The molecule has 1 saturated carbocycles. The van der Waals surface area contributed by atoms with Gasteiger partial charge in [-0.1, -0.05) is 19.9 Å². The summed E-state index contributed by atoms with van der Waals surface area (Å²) in [6.07, 6.45) is 2.88. The summed E-state index contributed by atoms with van der Waals surface area (Å²) in [5.41, 5.74) is 1.35. The average molecular weight is 255 g/mol. The molecule has 1 fully saturated rings. The Bertz CT molecular complexity index is 329. The molecule has 1 aromatic rings. The van der Waals surface area contributed by atoms with E-state index in [9.17, 15) is 0 Å². The number of halogens is 1. The molecule has 0 saturated heterocycles. The van der Waals surface area contributed by atoms with Gasteiger partial charge in [0.05, 0.1) is 10.6 Å². The minimum Gasteiger partial charge on any atom is -0.489 e. The van der Waals surface area contributed by atoms with E-state index in [-0.39, 0.29) is 0 Å². The van der Waals surface area contributed by atoms with Crippen molar-refractivity contribution in [1.29, 1.82) is 0 Å². The van der Waals surface area contributed by atoms with Gasteiger partial charge in [-0.25, -0.2) is 0 Å². The molecular weight excluding hydrogens is 240 g/mol. The molecule has 1 aliphatic rings. The summed E-state index contributed by atoms with van der Waals surface area (Å²) in [6.45, 7) is 4.40. The summed E-state index contributed by atoms with van der Waals surface area (Å²) >= 11 is 3.55. The van der Waals surface area contributed by atoms with Gasteiger partial charge in [-0.15, -0.1) is 0 Å². The largest absolute Gasteiger partial charge is 0.489 e. The van der Waals surface area contributed by atoms with Crippen LogP contribution in [0.3, 0.4) is 0 Å². The molecule has 0 heterocycles. The lowest BCUT2D eigenvalue weighted by atomic mass is 10.0. The normalized spacial score (nSPS) is 16.0. The Hall–Kier alpha value is -0.500. The van der Waals surface area contributed by atoms with Gasteiger partial charge in [0, 0.05) is 0 Å². The molecule has 2 rings (SSSR count).